The zero-order valence-electron chi connectivity index (χ0n) is 12.7. The van der Waals surface area contributed by atoms with Gasteiger partial charge in [0.1, 0.15) is 5.75 Å². The van der Waals surface area contributed by atoms with Gasteiger partial charge in [-0.1, -0.05) is 12.1 Å². The topological polar surface area (TPSA) is 90.7 Å². The third-order valence-electron chi connectivity index (χ3n) is 3.25. The minimum absolute atomic E-state index is 0.113. The molecule has 0 aromatic heterocycles. The van der Waals surface area contributed by atoms with Gasteiger partial charge in [-0.25, -0.2) is 0 Å². The van der Waals surface area contributed by atoms with Crippen LogP contribution in [0, 0.1) is 10.1 Å². The molecule has 0 unspecified atom stereocenters. The van der Waals surface area contributed by atoms with E-state index in [0.29, 0.717) is 6.54 Å². The second-order valence-corrected chi connectivity index (χ2v) is 4.67. The van der Waals surface area contributed by atoms with E-state index >= 15 is 0 Å². The molecule has 0 aliphatic heterocycles. The number of nitro groups is 1. The largest absolute Gasteiger partial charge is 0.497 e. The van der Waals surface area contributed by atoms with Gasteiger partial charge < -0.3 is 14.8 Å². The number of nitrogens with one attached hydrogen (secondary N) is 1. The van der Waals surface area contributed by atoms with Gasteiger partial charge in [0.2, 0.25) is 0 Å². The molecular formula is C16H16N2O5. The van der Waals surface area contributed by atoms with Crippen LogP contribution in [0.1, 0.15) is 15.9 Å². The van der Waals surface area contributed by atoms with Gasteiger partial charge in [0.05, 0.1) is 19.1 Å². The minimum Gasteiger partial charge on any atom is -0.497 e. The Morgan fingerprint density at radius 2 is 1.83 bits per heavy atom. The lowest BCUT2D eigenvalue weighted by Crippen LogP contribution is -2.22. The Bertz CT molecular complexity index is 713. The smallest absolute Gasteiger partial charge is 0.311 e. The molecule has 0 saturated heterocycles. The third-order valence-corrected chi connectivity index (χ3v) is 3.25. The summed E-state index contributed by atoms with van der Waals surface area (Å²) >= 11 is 0. The van der Waals surface area contributed by atoms with Crippen LogP contribution in [0.5, 0.6) is 11.5 Å². The molecule has 0 radical (unpaired) electrons. The molecule has 0 heterocycles. The fraction of sp³-hybridized carbons (Fsp3) is 0.188. The second kappa shape index (κ2) is 7.26. The summed E-state index contributed by atoms with van der Waals surface area (Å²) in [6, 6.07) is 11.3. The van der Waals surface area contributed by atoms with E-state index in [-0.39, 0.29) is 17.0 Å². The van der Waals surface area contributed by atoms with Crippen LogP contribution < -0.4 is 14.8 Å². The van der Waals surface area contributed by atoms with Crippen molar-refractivity contribution in [3.05, 3.63) is 63.7 Å². The summed E-state index contributed by atoms with van der Waals surface area (Å²) in [5.41, 5.74) is 0.845. The summed E-state index contributed by atoms with van der Waals surface area (Å²) in [7, 11) is 2.92. The summed E-state index contributed by atoms with van der Waals surface area (Å²) in [4.78, 5) is 22.5. The van der Waals surface area contributed by atoms with Crippen LogP contribution in [0.2, 0.25) is 0 Å². The monoisotopic (exact) mass is 316 g/mol. The molecular weight excluding hydrogens is 300 g/mol. The number of benzene rings is 2. The Kier molecular flexibility index (Phi) is 5.14. The number of ether oxygens (including phenoxy) is 2. The summed E-state index contributed by atoms with van der Waals surface area (Å²) < 4.78 is 9.97. The van der Waals surface area contributed by atoms with Crippen LogP contribution in [-0.4, -0.2) is 25.1 Å². The molecule has 2 aromatic carbocycles. The molecule has 23 heavy (non-hydrogen) atoms. The van der Waals surface area contributed by atoms with Crippen molar-refractivity contribution in [2.24, 2.45) is 0 Å². The highest BCUT2D eigenvalue weighted by Crippen LogP contribution is 2.27. The fourth-order valence-electron chi connectivity index (χ4n) is 2.00. The minimum atomic E-state index is -0.584. The number of carbonyl (C=O) groups excluding carboxylic acids is 1. The lowest BCUT2D eigenvalue weighted by Gasteiger charge is -2.07. The lowest BCUT2D eigenvalue weighted by atomic mass is 10.1. The summed E-state index contributed by atoms with van der Waals surface area (Å²) in [5.74, 6) is 0.444. The predicted molar refractivity (Wildman–Crippen MR) is 83.8 cm³/mol. The fourth-order valence-corrected chi connectivity index (χ4v) is 2.00. The van der Waals surface area contributed by atoms with Gasteiger partial charge in [0, 0.05) is 18.2 Å². The zero-order valence-corrected chi connectivity index (χ0v) is 12.7. The van der Waals surface area contributed by atoms with E-state index in [9.17, 15) is 14.9 Å². The van der Waals surface area contributed by atoms with Gasteiger partial charge >= 0.3 is 5.69 Å². The molecule has 2 rings (SSSR count). The van der Waals surface area contributed by atoms with Crippen molar-refractivity contribution in [1.29, 1.82) is 0 Å². The van der Waals surface area contributed by atoms with Gasteiger partial charge in [0.15, 0.2) is 5.75 Å². The normalized spacial score (nSPS) is 10.0. The van der Waals surface area contributed by atoms with Crippen molar-refractivity contribution in [2.75, 3.05) is 14.2 Å². The first-order chi connectivity index (χ1) is 11.0. The van der Waals surface area contributed by atoms with E-state index in [1.165, 1.54) is 25.3 Å². The van der Waals surface area contributed by atoms with Gasteiger partial charge in [-0.3, -0.25) is 14.9 Å². The van der Waals surface area contributed by atoms with E-state index in [2.05, 4.69) is 5.32 Å². The number of rotatable bonds is 6. The van der Waals surface area contributed by atoms with Gasteiger partial charge in [0.25, 0.3) is 5.91 Å². The molecule has 120 valence electrons. The Hall–Kier alpha value is -3.09. The van der Waals surface area contributed by atoms with Crippen molar-refractivity contribution in [2.45, 2.75) is 6.54 Å². The van der Waals surface area contributed by atoms with Crippen molar-refractivity contribution < 1.29 is 19.2 Å². The molecule has 0 aliphatic carbocycles. The first kappa shape index (κ1) is 16.3. The highest BCUT2D eigenvalue weighted by atomic mass is 16.6. The first-order valence-corrected chi connectivity index (χ1v) is 6.78. The predicted octanol–water partition coefficient (Wildman–Crippen LogP) is 2.54. The quantitative estimate of drug-likeness (QED) is 0.653. The maximum absolute atomic E-state index is 12.1. The molecule has 2 aromatic rings. The van der Waals surface area contributed by atoms with Gasteiger partial charge in [-0.2, -0.15) is 0 Å². The van der Waals surface area contributed by atoms with Crippen molar-refractivity contribution in [3.63, 3.8) is 0 Å². The number of hydrogen-bond donors (Lipinski definition) is 1. The van der Waals surface area contributed by atoms with Gasteiger partial charge in [-0.15, -0.1) is 0 Å². The van der Waals surface area contributed by atoms with Crippen LogP contribution in [0.15, 0.2) is 42.5 Å². The molecule has 0 atom stereocenters. The van der Waals surface area contributed by atoms with E-state index in [0.717, 1.165) is 11.3 Å². The molecule has 0 aliphatic rings. The number of amides is 1. The number of methoxy groups -OCH3 is 2. The highest BCUT2D eigenvalue weighted by Gasteiger charge is 2.18. The van der Waals surface area contributed by atoms with Crippen molar-refractivity contribution in [1.82, 2.24) is 5.32 Å². The zero-order chi connectivity index (χ0) is 16.8. The number of nitrogens with zero attached hydrogens (tertiary/aromatic N) is 1. The van der Waals surface area contributed by atoms with E-state index in [1.807, 2.05) is 12.1 Å². The van der Waals surface area contributed by atoms with E-state index < -0.39 is 10.8 Å². The molecule has 1 N–H and O–H groups in total. The Morgan fingerprint density at radius 3 is 2.39 bits per heavy atom. The molecule has 0 fully saturated rings. The van der Waals surface area contributed by atoms with Crippen molar-refractivity contribution >= 4 is 11.6 Å². The maximum Gasteiger partial charge on any atom is 0.311 e. The Balaban J connectivity index is 2.08. The van der Waals surface area contributed by atoms with Crippen LogP contribution >= 0.6 is 0 Å². The number of hydrogen-bond acceptors (Lipinski definition) is 5. The summed E-state index contributed by atoms with van der Waals surface area (Å²) in [6.45, 7) is 0.308. The third kappa shape index (κ3) is 3.97. The van der Waals surface area contributed by atoms with E-state index in [4.69, 9.17) is 9.47 Å². The summed E-state index contributed by atoms with van der Waals surface area (Å²) in [5, 5.41) is 13.7. The van der Waals surface area contributed by atoms with Crippen LogP contribution in [-0.2, 0) is 6.54 Å². The molecule has 0 spiro atoms. The molecule has 0 saturated carbocycles. The molecule has 7 heteroatoms. The average molecular weight is 316 g/mol. The number of nitro benzene ring substituents is 1. The summed E-state index contributed by atoms with van der Waals surface area (Å²) in [6.07, 6.45) is 0. The SMILES string of the molecule is COc1ccc(CNC(=O)c2ccc(OC)c([N+](=O)[O-])c2)cc1. The van der Waals surface area contributed by atoms with Crippen LogP contribution in [0.3, 0.4) is 0 Å². The maximum atomic E-state index is 12.1. The number of carbonyl (C=O) groups is 1. The molecule has 7 nitrogen and oxygen atoms in total. The molecule has 0 bridgehead atoms. The van der Waals surface area contributed by atoms with Crippen LogP contribution in [0.4, 0.5) is 5.69 Å². The van der Waals surface area contributed by atoms with E-state index in [1.54, 1.807) is 19.2 Å². The lowest BCUT2D eigenvalue weighted by molar-refractivity contribution is -0.385. The van der Waals surface area contributed by atoms with Gasteiger partial charge in [-0.05, 0) is 29.8 Å². The van der Waals surface area contributed by atoms with Crippen molar-refractivity contribution in [3.8, 4) is 11.5 Å². The Labute approximate surface area is 133 Å². The Morgan fingerprint density at radius 1 is 1.13 bits per heavy atom. The average Bonchev–Trinajstić information content (AvgIpc) is 2.59. The molecule has 1 amide bonds. The standard InChI is InChI=1S/C16H16N2O5/c1-22-13-6-3-11(4-7-13)10-17-16(19)12-5-8-15(23-2)14(9-12)18(20)21/h3-9H,10H2,1-2H3,(H,17,19). The second-order valence-electron chi connectivity index (χ2n) is 4.67. The first-order valence-electron chi connectivity index (χ1n) is 6.78. The van der Waals surface area contributed by atoms with Crippen LogP contribution in [0.25, 0.3) is 0 Å². The highest BCUT2D eigenvalue weighted by molar-refractivity contribution is 5.95.